The van der Waals surface area contributed by atoms with E-state index in [9.17, 15) is 23.4 Å². The largest absolute Gasteiger partial charge is 0.387 e. The molecular weight excluding hydrogens is 418 g/mol. The maximum atomic E-state index is 12.5. The maximum Gasteiger partial charge on any atom is 0.266 e. The summed E-state index contributed by atoms with van der Waals surface area (Å²) >= 11 is 0. The maximum absolute atomic E-state index is 12.5. The van der Waals surface area contributed by atoms with Gasteiger partial charge in [-0.05, 0) is 62.2 Å². The van der Waals surface area contributed by atoms with Crippen LogP contribution >= 0.6 is 0 Å². The van der Waals surface area contributed by atoms with Crippen molar-refractivity contribution >= 4 is 16.0 Å². The first-order chi connectivity index (χ1) is 14.1. The van der Waals surface area contributed by atoms with Crippen LogP contribution < -0.4 is 5.32 Å². The Kier molecular flexibility index (Phi) is 7.84. The summed E-state index contributed by atoms with van der Waals surface area (Å²) < 4.78 is 30.6. The first-order valence-electron chi connectivity index (χ1n) is 11.1. The number of hydrogen-bond donors (Lipinski definition) is 4. The second kappa shape index (κ2) is 9.33. The van der Waals surface area contributed by atoms with Gasteiger partial charge >= 0.3 is 0 Å². The van der Waals surface area contributed by atoms with Crippen molar-refractivity contribution in [1.29, 1.82) is 0 Å². The molecule has 0 aromatic heterocycles. The lowest BCUT2D eigenvalue weighted by molar-refractivity contribution is -0.124. The molecule has 0 radical (unpaired) electrons. The third-order valence-electron chi connectivity index (χ3n) is 7.52. The number of rotatable bonds is 8. The zero-order valence-electron chi connectivity index (χ0n) is 19.2. The van der Waals surface area contributed by atoms with Crippen LogP contribution in [0.2, 0.25) is 0 Å². The number of carbonyl (C=O) groups is 1. The number of fused-ring (bicyclic) bond motifs is 1. The van der Waals surface area contributed by atoms with Gasteiger partial charge in [-0.2, -0.15) is 8.42 Å². The molecule has 5 atom stereocenters. The Hall–Kier alpha value is -1.22. The van der Waals surface area contributed by atoms with Gasteiger partial charge in [0.05, 0.1) is 11.4 Å². The SMILES string of the molecule is C=C1CC[C@@H]2[C@](C)(CCC[C@@]2(C)/C=C/C(O)C(C)(C)O)[C@H]1CC(=O)NCCS(=O)(=O)O. The van der Waals surface area contributed by atoms with Crippen LogP contribution in [0.15, 0.2) is 24.3 Å². The zero-order chi connectivity index (χ0) is 23.7. The molecule has 178 valence electrons. The number of aliphatic hydroxyl groups excluding tert-OH is 1. The fourth-order valence-corrected chi connectivity index (χ4v) is 6.06. The molecule has 0 bridgehead atoms. The van der Waals surface area contributed by atoms with Gasteiger partial charge in [0, 0.05) is 13.0 Å². The van der Waals surface area contributed by atoms with E-state index in [0.717, 1.165) is 37.7 Å². The highest BCUT2D eigenvalue weighted by atomic mass is 32.2. The number of hydrogen-bond acceptors (Lipinski definition) is 5. The number of carbonyl (C=O) groups excluding carboxylic acids is 1. The quantitative estimate of drug-likeness (QED) is 0.328. The molecule has 0 aromatic rings. The van der Waals surface area contributed by atoms with E-state index in [1.54, 1.807) is 19.9 Å². The Morgan fingerprint density at radius 3 is 2.58 bits per heavy atom. The van der Waals surface area contributed by atoms with Crippen molar-refractivity contribution in [2.24, 2.45) is 22.7 Å². The molecule has 1 unspecified atom stereocenters. The van der Waals surface area contributed by atoms with E-state index in [0.29, 0.717) is 5.92 Å². The van der Waals surface area contributed by atoms with Crippen LogP contribution in [0, 0.1) is 22.7 Å². The van der Waals surface area contributed by atoms with Gasteiger partial charge in [0.1, 0.15) is 6.10 Å². The lowest BCUT2D eigenvalue weighted by Crippen LogP contribution is -2.51. The van der Waals surface area contributed by atoms with Crippen LogP contribution in [0.5, 0.6) is 0 Å². The van der Waals surface area contributed by atoms with Gasteiger partial charge in [-0.3, -0.25) is 9.35 Å². The summed E-state index contributed by atoms with van der Waals surface area (Å²) in [7, 11) is -4.11. The van der Waals surface area contributed by atoms with Crippen LogP contribution in [-0.2, 0) is 14.9 Å². The molecule has 0 saturated heterocycles. The summed E-state index contributed by atoms with van der Waals surface area (Å²) in [4.78, 5) is 12.5. The minimum atomic E-state index is -4.11. The second-order valence-electron chi connectivity index (χ2n) is 10.5. The van der Waals surface area contributed by atoms with E-state index in [2.05, 4.69) is 31.8 Å². The number of amides is 1. The lowest BCUT2D eigenvalue weighted by Gasteiger charge is -2.58. The van der Waals surface area contributed by atoms with Crippen molar-refractivity contribution in [1.82, 2.24) is 5.32 Å². The van der Waals surface area contributed by atoms with Crippen molar-refractivity contribution in [3.8, 4) is 0 Å². The summed E-state index contributed by atoms with van der Waals surface area (Å²) in [5, 5.41) is 23.0. The third kappa shape index (κ3) is 6.40. The monoisotopic (exact) mass is 457 g/mol. The first-order valence-corrected chi connectivity index (χ1v) is 12.7. The molecule has 0 aromatic carbocycles. The van der Waals surface area contributed by atoms with Crippen LogP contribution in [0.3, 0.4) is 0 Å². The van der Waals surface area contributed by atoms with E-state index in [4.69, 9.17) is 4.55 Å². The highest BCUT2D eigenvalue weighted by Crippen LogP contribution is 2.62. The van der Waals surface area contributed by atoms with Gasteiger partial charge < -0.3 is 15.5 Å². The molecule has 0 aliphatic heterocycles. The fraction of sp³-hybridized carbons (Fsp3) is 0.783. The van der Waals surface area contributed by atoms with E-state index in [-0.39, 0.29) is 35.6 Å². The van der Waals surface area contributed by atoms with Crippen LogP contribution in [0.4, 0.5) is 0 Å². The molecule has 1 amide bonds. The summed E-state index contributed by atoms with van der Waals surface area (Å²) in [6.45, 7) is 11.7. The van der Waals surface area contributed by atoms with Crippen LogP contribution in [0.25, 0.3) is 0 Å². The molecule has 2 rings (SSSR count). The molecule has 2 saturated carbocycles. The molecule has 31 heavy (non-hydrogen) atoms. The van der Waals surface area contributed by atoms with Gasteiger partial charge in [0.2, 0.25) is 5.91 Å². The Bertz CT molecular complexity index is 814. The molecule has 8 heteroatoms. The van der Waals surface area contributed by atoms with E-state index < -0.39 is 27.6 Å². The summed E-state index contributed by atoms with van der Waals surface area (Å²) in [6.07, 6.45) is 7.74. The van der Waals surface area contributed by atoms with Gasteiger partial charge in [0.25, 0.3) is 10.1 Å². The summed E-state index contributed by atoms with van der Waals surface area (Å²) in [6, 6.07) is 0. The third-order valence-corrected chi connectivity index (χ3v) is 8.24. The zero-order valence-corrected chi connectivity index (χ0v) is 20.0. The summed E-state index contributed by atoms with van der Waals surface area (Å²) in [5.74, 6) is -0.474. The van der Waals surface area contributed by atoms with Crippen molar-refractivity contribution in [3.63, 3.8) is 0 Å². The average molecular weight is 458 g/mol. The minimum Gasteiger partial charge on any atom is -0.387 e. The molecule has 2 fully saturated rings. The second-order valence-corrected chi connectivity index (χ2v) is 12.0. The molecule has 0 spiro atoms. The van der Waals surface area contributed by atoms with E-state index in [1.165, 1.54) is 0 Å². The van der Waals surface area contributed by atoms with Crippen molar-refractivity contribution in [2.45, 2.75) is 77.9 Å². The number of nitrogens with one attached hydrogen (secondary N) is 1. The Labute approximate surface area is 186 Å². The van der Waals surface area contributed by atoms with Crippen LogP contribution in [0.1, 0.15) is 66.2 Å². The lowest BCUT2D eigenvalue weighted by atomic mass is 9.46. The van der Waals surface area contributed by atoms with Crippen molar-refractivity contribution in [3.05, 3.63) is 24.3 Å². The Morgan fingerprint density at radius 2 is 2.00 bits per heavy atom. The predicted molar refractivity (Wildman–Crippen MR) is 121 cm³/mol. The fourth-order valence-electron chi connectivity index (χ4n) is 5.70. The van der Waals surface area contributed by atoms with Gasteiger partial charge in [-0.15, -0.1) is 0 Å². The molecule has 7 nitrogen and oxygen atoms in total. The van der Waals surface area contributed by atoms with Gasteiger partial charge in [-0.1, -0.05) is 44.6 Å². The normalized spacial score (nSPS) is 33.2. The first kappa shape index (κ1) is 26.0. The predicted octanol–water partition coefficient (Wildman–Crippen LogP) is 2.85. The molecular formula is C23H39NO6S. The number of aliphatic hydroxyl groups is 2. The molecule has 0 heterocycles. The minimum absolute atomic E-state index is 0.0239. The molecule has 4 N–H and O–H groups in total. The highest BCUT2D eigenvalue weighted by Gasteiger charge is 2.54. The Morgan fingerprint density at radius 1 is 1.35 bits per heavy atom. The average Bonchev–Trinajstić information content (AvgIpc) is 2.61. The molecule has 2 aliphatic rings. The van der Waals surface area contributed by atoms with Gasteiger partial charge in [-0.25, -0.2) is 0 Å². The van der Waals surface area contributed by atoms with Crippen molar-refractivity contribution < 1.29 is 28.0 Å². The summed E-state index contributed by atoms with van der Waals surface area (Å²) in [5.41, 5.74) is -0.478. The topological polar surface area (TPSA) is 124 Å². The Balaban J connectivity index is 2.19. The van der Waals surface area contributed by atoms with Crippen molar-refractivity contribution in [2.75, 3.05) is 12.3 Å². The highest BCUT2D eigenvalue weighted by molar-refractivity contribution is 7.85. The van der Waals surface area contributed by atoms with Crippen LogP contribution in [-0.4, -0.2) is 53.1 Å². The van der Waals surface area contributed by atoms with E-state index in [1.807, 2.05) is 0 Å². The smallest absolute Gasteiger partial charge is 0.266 e. The van der Waals surface area contributed by atoms with E-state index >= 15 is 0 Å². The molecule has 2 aliphatic carbocycles. The number of allylic oxidation sites excluding steroid dienone is 2. The standard InChI is InChI=1S/C23H39NO6S/c1-16-7-8-18-22(4,12-9-19(25)21(2,3)27)10-6-11-23(18,5)17(16)15-20(26)24-13-14-31(28,29)30/h9,12,17-19,25,27H,1,6-8,10-11,13-15H2,2-5H3,(H,24,26)(H,28,29,30)/b12-9+/t17-,18-,19?,22-,23+/m0/s1. The van der Waals surface area contributed by atoms with Gasteiger partial charge in [0.15, 0.2) is 0 Å².